The topological polar surface area (TPSA) is 95.3 Å². The summed E-state index contributed by atoms with van der Waals surface area (Å²) in [4.78, 5) is 13.2. The molecule has 1 amide bonds. The number of carbonyl (C=O) groups is 1. The molecule has 4 rings (SSSR count). The van der Waals surface area contributed by atoms with E-state index in [0.717, 1.165) is 16.7 Å². The number of rotatable bonds is 3. The van der Waals surface area contributed by atoms with Gasteiger partial charge in [0.25, 0.3) is 0 Å². The van der Waals surface area contributed by atoms with Crippen LogP contribution >= 0.6 is 11.3 Å². The van der Waals surface area contributed by atoms with Crippen LogP contribution in [0.15, 0.2) is 48.0 Å². The van der Waals surface area contributed by atoms with Crippen molar-refractivity contribution in [1.82, 2.24) is 10.2 Å². The molecule has 1 heterocycles. The van der Waals surface area contributed by atoms with Crippen LogP contribution in [-0.4, -0.2) is 26.3 Å². The summed E-state index contributed by atoms with van der Waals surface area (Å²) in [5.41, 5.74) is 3.49. The lowest BCUT2D eigenvalue weighted by molar-refractivity contribution is -0.125. The smallest absolute Gasteiger partial charge is 0.233 e. The van der Waals surface area contributed by atoms with Gasteiger partial charge in [-0.15, -0.1) is 10.2 Å². The molecule has 3 N–H and O–H groups in total. The Morgan fingerprint density at radius 2 is 2.04 bits per heavy atom. The Bertz CT molecular complexity index is 974. The summed E-state index contributed by atoms with van der Waals surface area (Å²) >= 11 is 1.26. The van der Waals surface area contributed by atoms with Crippen LogP contribution in [-0.2, 0) is 11.2 Å². The van der Waals surface area contributed by atoms with E-state index in [2.05, 4.69) is 15.5 Å². The number of fused-ring (bicyclic) bond motifs is 1. The molecule has 132 valence electrons. The molecule has 1 aromatic heterocycles. The minimum absolute atomic E-state index is 0.142. The number of phenols is 2. The second kappa shape index (κ2) is 6.10. The molecule has 2 atom stereocenters. The average molecular weight is 367 g/mol. The number of benzene rings is 2. The quantitative estimate of drug-likeness (QED) is 0.660. The summed E-state index contributed by atoms with van der Waals surface area (Å²) in [5.74, 6) is -0.173. The van der Waals surface area contributed by atoms with Gasteiger partial charge in [0.1, 0.15) is 17.0 Å². The van der Waals surface area contributed by atoms with Crippen molar-refractivity contribution >= 4 is 22.4 Å². The van der Waals surface area contributed by atoms with E-state index in [4.69, 9.17) is 0 Å². The predicted octanol–water partition coefficient (Wildman–Crippen LogP) is 3.28. The molecular weight excluding hydrogens is 350 g/mol. The molecule has 2 aromatic carbocycles. The molecular formula is C19H17N3O3S. The van der Waals surface area contributed by atoms with Crippen LogP contribution in [0.2, 0.25) is 0 Å². The van der Waals surface area contributed by atoms with Gasteiger partial charge in [0.05, 0.1) is 5.41 Å². The maximum atomic E-state index is 13.2. The maximum absolute atomic E-state index is 13.2. The van der Waals surface area contributed by atoms with E-state index in [1.54, 1.807) is 35.8 Å². The Morgan fingerprint density at radius 1 is 1.23 bits per heavy atom. The number of carbonyl (C=O) groups excluding carboxylic acids is 1. The second-order valence-electron chi connectivity index (χ2n) is 6.70. The third-order valence-electron chi connectivity index (χ3n) is 4.94. The molecule has 0 fully saturated rings. The van der Waals surface area contributed by atoms with Gasteiger partial charge in [0.15, 0.2) is 0 Å². The first-order valence-corrected chi connectivity index (χ1v) is 9.04. The monoisotopic (exact) mass is 367 g/mol. The molecule has 0 bridgehead atoms. The van der Waals surface area contributed by atoms with Gasteiger partial charge >= 0.3 is 0 Å². The number of aromatic nitrogens is 2. The predicted molar refractivity (Wildman–Crippen MR) is 98.4 cm³/mol. The number of anilines is 1. The van der Waals surface area contributed by atoms with E-state index >= 15 is 0 Å². The third-order valence-corrected chi connectivity index (χ3v) is 5.54. The van der Waals surface area contributed by atoms with Crippen LogP contribution in [0.5, 0.6) is 11.5 Å². The maximum Gasteiger partial charge on any atom is 0.233 e. The highest BCUT2D eigenvalue weighted by atomic mass is 32.1. The molecule has 26 heavy (non-hydrogen) atoms. The largest absolute Gasteiger partial charge is 0.508 e. The van der Waals surface area contributed by atoms with Crippen molar-refractivity contribution in [3.05, 3.63) is 64.7 Å². The molecule has 2 unspecified atom stereocenters. The first kappa shape index (κ1) is 16.5. The number of amides is 1. The van der Waals surface area contributed by atoms with Crippen LogP contribution in [0.4, 0.5) is 5.13 Å². The van der Waals surface area contributed by atoms with E-state index in [1.165, 1.54) is 11.3 Å². The lowest BCUT2D eigenvalue weighted by Gasteiger charge is -2.30. The Balaban J connectivity index is 1.81. The van der Waals surface area contributed by atoms with Gasteiger partial charge in [-0.25, -0.2) is 0 Å². The van der Waals surface area contributed by atoms with Gasteiger partial charge in [-0.3, -0.25) is 4.79 Å². The molecule has 1 aliphatic rings. The molecule has 0 saturated carbocycles. The zero-order valence-corrected chi connectivity index (χ0v) is 14.8. The summed E-state index contributed by atoms with van der Waals surface area (Å²) in [7, 11) is 0. The Hall–Kier alpha value is -2.93. The summed E-state index contributed by atoms with van der Waals surface area (Å²) in [6.07, 6.45) is 0.521. The highest BCUT2D eigenvalue weighted by molar-refractivity contribution is 7.13. The SMILES string of the molecule is CC1(C(=O)Nc2nncs2)Cc2ccc(O)cc2C1c1cccc(O)c1. The minimum Gasteiger partial charge on any atom is -0.508 e. The Kier molecular flexibility index (Phi) is 3.88. The lowest BCUT2D eigenvalue weighted by Crippen LogP contribution is -2.37. The minimum atomic E-state index is -0.796. The van der Waals surface area contributed by atoms with Crippen molar-refractivity contribution in [2.45, 2.75) is 19.3 Å². The van der Waals surface area contributed by atoms with Gasteiger partial charge in [-0.2, -0.15) is 0 Å². The fourth-order valence-electron chi connectivity index (χ4n) is 3.78. The normalized spacial score (nSPS) is 21.3. The third kappa shape index (κ3) is 2.70. The summed E-state index contributed by atoms with van der Waals surface area (Å²) in [5, 5.41) is 30.8. The van der Waals surface area contributed by atoms with Crippen LogP contribution < -0.4 is 5.32 Å². The van der Waals surface area contributed by atoms with Gasteiger partial charge in [0.2, 0.25) is 11.0 Å². The number of hydrogen-bond donors (Lipinski definition) is 3. The number of nitrogens with zero attached hydrogens (tertiary/aromatic N) is 2. The van der Waals surface area contributed by atoms with Crippen LogP contribution in [0.1, 0.15) is 29.5 Å². The van der Waals surface area contributed by atoms with E-state index in [1.807, 2.05) is 19.1 Å². The molecule has 1 aliphatic carbocycles. The molecule has 6 nitrogen and oxygen atoms in total. The van der Waals surface area contributed by atoms with Crippen molar-refractivity contribution in [1.29, 1.82) is 0 Å². The van der Waals surface area contributed by atoms with E-state index in [-0.39, 0.29) is 23.3 Å². The average Bonchev–Trinajstić information content (AvgIpc) is 3.20. The number of nitrogens with one attached hydrogen (secondary N) is 1. The van der Waals surface area contributed by atoms with E-state index in [9.17, 15) is 15.0 Å². The number of phenolic OH excluding ortho intramolecular Hbond substituents is 2. The molecule has 7 heteroatoms. The first-order valence-electron chi connectivity index (χ1n) is 8.16. The van der Waals surface area contributed by atoms with Crippen molar-refractivity contribution in [3.8, 4) is 11.5 Å². The van der Waals surface area contributed by atoms with Gasteiger partial charge in [-0.1, -0.05) is 29.5 Å². The van der Waals surface area contributed by atoms with Gasteiger partial charge < -0.3 is 15.5 Å². The summed E-state index contributed by atoms with van der Waals surface area (Å²) < 4.78 is 0. The van der Waals surface area contributed by atoms with E-state index < -0.39 is 5.41 Å². The van der Waals surface area contributed by atoms with Crippen molar-refractivity contribution < 1.29 is 15.0 Å². The van der Waals surface area contributed by atoms with Crippen LogP contribution in [0.25, 0.3) is 0 Å². The Labute approximate surface area is 154 Å². The van der Waals surface area contributed by atoms with Gasteiger partial charge in [-0.05, 0) is 54.3 Å². The fraction of sp³-hybridized carbons (Fsp3) is 0.211. The first-order chi connectivity index (χ1) is 12.5. The zero-order valence-electron chi connectivity index (χ0n) is 14.0. The molecule has 0 saturated heterocycles. The van der Waals surface area contributed by atoms with Crippen molar-refractivity contribution in [2.75, 3.05) is 5.32 Å². The van der Waals surface area contributed by atoms with E-state index in [0.29, 0.717) is 11.6 Å². The van der Waals surface area contributed by atoms with Crippen molar-refractivity contribution in [2.24, 2.45) is 5.41 Å². The standard InChI is InChI=1S/C19H17N3O3S/c1-19(17(25)21-18-22-20-10-26-18)9-12-5-6-14(24)8-15(12)16(19)11-3-2-4-13(23)7-11/h2-8,10,16,23-24H,9H2,1H3,(H,21,22,25). The Morgan fingerprint density at radius 3 is 2.77 bits per heavy atom. The summed E-state index contributed by atoms with van der Waals surface area (Å²) in [6, 6.07) is 12.1. The molecule has 0 aliphatic heterocycles. The highest BCUT2D eigenvalue weighted by Gasteiger charge is 2.49. The van der Waals surface area contributed by atoms with Crippen LogP contribution in [0, 0.1) is 5.41 Å². The highest BCUT2D eigenvalue weighted by Crippen LogP contribution is 2.52. The lowest BCUT2D eigenvalue weighted by atomic mass is 9.73. The summed E-state index contributed by atoms with van der Waals surface area (Å²) in [6.45, 7) is 1.90. The molecule has 3 aromatic rings. The number of hydrogen-bond acceptors (Lipinski definition) is 6. The second-order valence-corrected chi connectivity index (χ2v) is 7.54. The zero-order chi connectivity index (χ0) is 18.3. The molecule has 0 radical (unpaired) electrons. The van der Waals surface area contributed by atoms with Gasteiger partial charge in [0, 0.05) is 5.92 Å². The van der Waals surface area contributed by atoms with Crippen LogP contribution in [0.3, 0.4) is 0 Å². The number of aromatic hydroxyl groups is 2. The van der Waals surface area contributed by atoms with Crippen molar-refractivity contribution in [3.63, 3.8) is 0 Å². The molecule has 0 spiro atoms. The fourth-order valence-corrected chi connectivity index (χ4v) is 4.22.